The van der Waals surface area contributed by atoms with Gasteiger partial charge in [-0.05, 0) is 54.5 Å². The molecule has 1 N–H and O–H groups in total. The summed E-state index contributed by atoms with van der Waals surface area (Å²) in [5, 5.41) is 4.47. The van der Waals surface area contributed by atoms with E-state index in [0.29, 0.717) is 6.04 Å². The summed E-state index contributed by atoms with van der Waals surface area (Å²) in [4.78, 5) is 0. The summed E-state index contributed by atoms with van der Waals surface area (Å²) in [6.07, 6.45) is 2.48. The topological polar surface area (TPSA) is 12.0 Å². The predicted octanol–water partition coefficient (Wildman–Crippen LogP) is 3.61. The van der Waals surface area contributed by atoms with Crippen LogP contribution in [0, 0.1) is 5.92 Å². The van der Waals surface area contributed by atoms with Crippen LogP contribution in [0.5, 0.6) is 0 Å². The Bertz CT molecular complexity index is 333. The van der Waals surface area contributed by atoms with Crippen molar-refractivity contribution in [2.45, 2.75) is 25.8 Å². The van der Waals surface area contributed by atoms with Crippen LogP contribution >= 0.6 is 23.4 Å². The number of hydrogen-bond donors (Lipinski definition) is 1. The fraction of sp³-hybridized carbons (Fsp3) is 0.571. The van der Waals surface area contributed by atoms with E-state index in [1.54, 1.807) is 0 Å². The van der Waals surface area contributed by atoms with Gasteiger partial charge < -0.3 is 5.32 Å². The second kappa shape index (κ2) is 6.67. The predicted molar refractivity (Wildman–Crippen MR) is 78.1 cm³/mol. The molecule has 0 aliphatic carbocycles. The summed E-state index contributed by atoms with van der Waals surface area (Å²) in [5.74, 6) is 3.47. The zero-order valence-electron chi connectivity index (χ0n) is 10.3. The minimum absolute atomic E-state index is 0.621. The number of hydrogen-bond acceptors (Lipinski definition) is 2. The van der Waals surface area contributed by atoms with Gasteiger partial charge in [-0.15, -0.1) is 0 Å². The van der Waals surface area contributed by atoms with Gasteiger partial charge in [0.15, 0.2) is 0 Å². The molecule has 1 nitrogen and oxygen atoms in total. The van der Waals surface area contributed by atoms with Crippen molar-refractivity contribution in [2.24, 2.45) is 5.92 Å². The first-order valence-electron chi connectivity index (χ1n) is 6.35. The summed E-state index contributed by atoms with van der Waals surface area (Å²) in [7, 11) is 0. The average molecular weight is 270 g/mol. The third-order valence-electron chi connectivity index (χ3n) is 3.37. The van der Waals surface area contributed by atoms with E-state index in [1.165, 1.54) is 23.5 Å². The monoisotopic (exact) mass is 269 g/mol. The largest absolute Gasteiger partial charge is 0.314 e. The van der Waals surface area contributed by atoms with E-state index in [0.717, 1.165) is 23.9 Å². The average Bonchev–Trinajstić information content (AvgIpc) is 2.85. The Morgan fingerprint density at radius 3 is 2.76 bits per heavy atom. The van der Waals surface area contributed by atoms with Gasteiger partial charge in [-0.1, -0.05) is 30.7 Å². The molecule has 0 bridgehead atoms. The number of likely N-dealkylation sites (N-methyl/N-ethyl adjacent to an activating group) is 1. The number of rotatable bonds is 5. The highest BCUT2D eigenvalue weighted by molar-refractivity contribution is 7.99. The Hall–Kier alpha value is -0.180. The van der Waals surface area contributed by atoms with Gasteiger partial charge in [0, 0.05) is 11.1 Å². The zero-order valence-corrected chi connectivity index (χ0v) is 11.9. The minimum Gasteiger partial charge on any atom is -0.314 e. The van der Waals surface area contributed by atoms with Gasteiger partial charge in [0.25, 0.3) is 0 Å². The summed E-state index contributed by atoms with van der Waals surface area (Å²) < 4.78 is 0. The van der Waals surface area contributed by atoms with Gasteiger partial charge in [0.2, 0.25) is 0 Å². The maximum atomic E-state index is 5.92. The molecule has 1 aliphatic rings. The Balaban J connectivity index is 1.98. The molecule has 0 amide bonds. The summed E-state index contributed by atoms with van der Waals surface area (Å²) in [5.41, 5.74) is 1.39. The van der Waals surface area contributed by atoms with Gasteiger partial charge in [-0.2, -0.15) is 11.8 Å². The first-order valence-corrected chi connectivity index (χ1v) is 7.88. The quantitative estimate of drug-likeness (QED) is 0.876. The summed E-state index contributed by atoms with van der Waals surface area (Å²) >= 11 is 8.01. The standard InChI is InChI=1S/C14H20ClNS/c1-2-16-14(12-7-8-17-10-12)9-11-3-5-13(15)6-4-11/h3-6,12,14,16H,2,7-10H2,1H3. The van der Waals surface area contributed by atoms with Crippen LogP contribution in [0.1, 0.15) is 18.9 Å². The molecule has 2 atom stereocenters. The molecule has 2 rings (SSSR count). The summed E-state index contributed by atoms with van der Waals surface area (Å²) in [6.45, 7) is 3.25. The molecule has 1 heterocycles. The van der Waals surface area contributed by atoms with E-state index in [4.69, 9.17) is 11.6 Å². The molecule has 0 saturated carbocycles. The molecule has 1 fully saturated rings. The molecule has 1 aromatic rings. The lowest BCUT2D eigenvalue weighted by Crippen LogP contribution is -2.38. The van der Waals surface area contributed by atoms with E-state index in [1.807, 2.05) is 12.1 Å². The third-order valence-corrected chi connectivity index (χ3v) is 4.81. The summed E-state index contributed by atoms with van der Waals surface area (Å²) in [6, 6.07) is 8.90. The lowest BCUT2D eigenvalue weighted by Gasteiger charge is -2.24. The first kappa shape index (κ1) is 13.3. The molecule has 3 heteroatoms. The van der Waals surface area contributed by atoms with Crippen molar-refractivity contribution >= 4 is 23.4 Å². The maximum Gasteiger partial charge on any atom is 0.0406 e. The van der Waals surface area contributed by atoms with Crippen LogP contribution in [0.3, 0.4) is 0 Å². The van der Waals surface area contributed by atoms with Gasteiger partial charge in [-0.3, -0.25) is 0 Å². The van der Waals surface area contributed by atoms with Gasteiger partial charge in [0.05, 0.1) is 0 Å². The maximum absolute atomic E-state index is 5.92. The molecule has 1 aromatic carbocycles. The number of benzene rings is 1. The van der Waals surface area contributed by atoms with E-state index < -0.39 is 0 Å². The molecule has 1 saturated heterocycles. The molecule has 0 radical (unpaired) electrons. The second-order valence-electron chi connectivity index (χ2n) is 4.62. The van der Waals surface area contributed by atoms with Crippen molar-refractivity contribution in [2.75, 3.05) is 18.1 Å². The van der Waals surface area contributed by atoms with Crippen LogP contribution in [-0.4, -0.2) is 24.1 Å². The van der Waals surface area contributed by atoms with Crippen LogP contribution in [0.2, 0.25) is 5.02 Å². The van der Waals surface area contributed by atoms with Crippen molar-refractivity contribution in [3.05, 3.63) is 34.9 Å². The van der Waals surface area contributed by atoms with Crippen molar-refractivity contribution in [3.63, 3.8) is 0 Å². The Kier molecular flexibility index (Phi) is 5.20. The second-order valence-corrected chi connectivity index (χ2v) is 6.20. The smallest absolute Gasteiger partial charge is 0.0406 e. The fourth-order valence-electron chi connectivity index (χ4n) is 2.41. The van der Waals surface area contributed by atoms with Crippen LogP contribution in [0.4, 0.5) is 0 Å². The van der Waals surface area contributed by atoms with Crippen molar-refractivity contribution in [1.29, 1.82) is 0 Å². The van der Waals surface area contributed by atoms with Crippen LogP contribution in [0.25, 0.3) is 0 Å². The zero-order chi connectivity index (χ0) is 12.1. The normalized spacial score (nSPS) is 21.6. The van der Waals surface area contributed by atoms with Crippen molar-refractivity contribution in [1.82, 2.24) is 5.32 Å². The highest BCUT2D eigenvalue weighted by atomic mass is 35.5. The number of nitrogens with one attached hydrogen (secondary N) is 1. The van der Waals surface area contributed by atoms with Crippen molar-refractivity contribution in [3.8, 4) is 0 Å². The number of thioether (sulfide) groups is 1. The lowest BCUT2D eigenvalue weighted by atomic mass is 9.93. The Morgan fingerprint density at radius 1 is 1.41 bits per heavy atom. The van der Waals surface area contributed by atoms with Crippen LogP contribution in [0.15, 0.2) is 24.3 Å². The molecule has 2 unspecified atom stereocenters. The fourth-order valence-corrected chi connectivity index (χ4v) is 3.88. The molecule has 0 spiro atoms. The van der Waals surface area contributed by atoms with E-state index in [2.05, 4.69) is 36.1 Å². The first-order chi connectivity index (χ1) is 8.29. The highest BCUT2D eigenvalue weighted by Gasteiger charge is 2.24. The Morgan fingerprint density at radius 2 is 2.18 bits per heavy atom. The van der Waals surface area contributed by atoms with Gasteiger partial charge in [0.1, 0.15) is 0 Å². The lowest BCUT2D eigenvalue weighted by molar-refractivity contribution is 0.387. The van der Waals surface area contributed by atoms with Crippen LogP contribution < -0.4 is 5.32 Å². The molecular weight excluding hydrogens is 250 g/mol. The Labute approximate surface area is 113 Å². The number of halogens is 1. The van der Waals surface area contributed by atoms with Crippen molar-refractivity contribution < 1.29 is 0 Å². The van der Waals surface area contributed by atoms with Gasteiger partial charge in [-0.25, -0.2) is 0 Å². The van der Waals surface area contributed by atoms with E-state index >= 15 is 0 Å². The highest BCUT2D eigenvalue weighted by Crippen LogP contribution is 2.28. The molecule has 94 valence electrons. The molecule has 1 aliphatic heterocycles. The van der Waals surface area contributed by atoms with Crippen LogP contribution in [-0.2, 0) is 6.42 Å². The molecular formula is C14H20ClNS. The molecule has 0 aromatic heterocycles. The minimum atomic E-state index is 0.621. The SMILES string of the molecule is CCNC(Cc1ccc(Cl)cc1)C1CCSC1. The molecule has 17 heavy (non-hydrogen) atoms. The van der Waals surface area contributed by atoms with E-state index in [-0.39, 0.29) is 0 Å². The third kappa shape index (κ3) is 3.90. The van der Waals surface area contributed by atoms with Gasteiger partial charge >= 0.3 is 0 Å². The van der Waals surface area contributed by atoms with E-state index in [9.17, 15) is 0 Å².